The van der Waals surface area contributed by atoms with Crippen molar-refractivity contribution in [1.82, 2.24) is 4.57 Å². The zero-order chi connectivity index (χ0) is 14.8. The summed E-state index contributed by atoms with van der Waals surface area (Å²) < 4.78 is 26.4. The summed E-state index contributed by atoms with van der Waals surface area (Å²) in [7, 11) is -3.31. The maximum Gasteiger partial charge on any atom is 0.415 e. The molecule has 2 aromatic rings. The SMILES string of the molecule is CCS(=O)(=O)Nc1ccc(-c2cccn2C(=O)O)cc1. The van der Waals surface area contributed by atoms with Crippen molar-refractivity contribution in [3.63, 3.8) is 0 Å². The first-order valence-electron chi connectivity index (χ1n) is 5.94. The van der Waals surface area contributed by atoms with Gasteiger partial charge in [-0.3, -0.25) is 9.29 Å². The van der Waals surface area contributed by atoms with E-state index in [9.17, 15) is 13.2 Å². The number of anilines is 1. The summed E-state index contributed by atoms with van der Waals surface area (Å²) in [6.07, 6.45) is 0.381. The summed E-state index contributed by atoms with van der Waals surface area (Å²) in [5.74, 6) is -0.00336. The van der Waals surface area contributed by atoms with E-state index in [2.05, 4.69) is 4.72 Å². The van der Waals surface area contributed by atoms with Crippen LogP contribution in [0.3, 0.4) is 0 Å². The van der Waals surface area contributed by atoms with Crippen molar-refractivity contribution in [2.45, 2.75) is 6.92 Å². The molecule has 0 aliphatic carbocycles. The van der Waals surface area contributed by atoms with E-state index in [0.29, 0.717) is 16.9 Å². The summed E-state index contributed by atoms with van der Waals surface area (Å²) >= 11 is 0. The third kappa shape index (κ3) is 3.00. The number of carboxylic acid groups (broad SMARTS) is 1. The van der Waals surface area contributed by atoms with Crippen molar-refractivity contribution >= 4 is 21.8 Å². The van der Waals surface area contributed by atoms with Gasteiger partial charge in [0.25, 0.3) is 0 Å². The highest BCUT2D eigenvalue weighted by Crippen LogP contribution is 2.22. The molecule has 0 unspecified atom stereocenters. The Morgan fingerprint density at radius 3 is 2.45 bits per heavy atom. The monoisotopic (exact) mass is 294 g/mol. The zero-order valence-electron chi connectivity index (χ0n) is 10.8. The van der Waals surface area contributed by atoms with Crippen LogP contribution in [-0.4, -0.2) is 29.9 Å². The van der Waals surface area contributed by atoms with Crippen molar-refractivity contribution in [1.29, 1.82) is 0 Å². The van der Waals surface area contributed by atoms with Gasteiger partial charge >= 0.3 is 6.09 Å². The first kappa shape index (κ1) is 14.1. The summed E-state index contributed by atoms with van der Waals surface area (Å²) in [6.45, 7) is 1.55. The largest absolute Gasteiger partial charge is 0.464 e. The number of sulfonamides is 1. The number of hydrogen-bond acceptors (Lipinski definition) is 3. The molecule has 0 atom stereocenters. The second-order valence-corrected chi connectivity index (χ2v) is 6.14. The molecule has 1 heterocycles. The number of nitrogens with zero attached hydrogens (tertiary/aromatic N) is 1. The van der Waals surface area contributed by atoms with E-state index in [1.807, 2.05) is 0 Å². The van der Waals surface area contributed by atoms with Crippen LogP contribution in [0, 0.1) is 0 Å². The molecule has 0 radical (unpaired) electrons. The van der Waals surface area contributed by atoms with Crippen molar-refractivity contribution in [3.05, 3.63) is 42.6 Å². The molecule has 20 heavy (non-hydrogen) atoms. The van der Waals surface area contributed by atoms with Crippen LogP contribution in [0.25, 0.3) is 11.3 Å². The number of hydrogen-bond donors (Lipinski definition) is 2. The van der Waals surface area contributed by atoms with Gasteiger partial charge in [-0.05, 0) is 36.8 Å². The highest BCUT2D eigenvalue weighted by molar-refractivity contribution is 7.92. The number of benzene rings is 1. The van der Waals surface area contributed by atoms with Crippen LogP contribution in [0.15, 0.2) is 42.6 Å². The fourth-order valence-electron chi connectivity index (χ4n) is 1.74. The number of nitrogens with one attached hydrogen (secondary N) is 1. The van der Waals surface area contributed by atoms with Gasteiger partial charge in [0.15, 0.2) is 0 Å². The van der Waals surface area contributed by atoms with Gasteiger partial charge in [-0.15, -0.1) is 0 Å². The molecule has 0 saturated heterocycles. The molecule has 0 aliphatic heterocycles. The lowest BCUT2D eigenvalue weighted by atomic mass is 10.1. The molecule has 106 valence electrons. The number of rotatable bonds is 4. The van der Waals surface area contributed by atoms with Crippen molar-refractivity contribution in [3.8, 4) is 11.3 Å². The van der Waals surface area contributed by atoms with Gasteiger partial charge in [0.2, 0.25) is 10.0 Å². The topological polar surface area (TPSA) is 88.4 Å². The fourth-order valence-corrected chi connectivity index (χ4v) is 2.38. The lowest BCUT2D eigenvalue weighted by Crippen LogP contribution is -2.14. The Balaban J connectivity index is 2.29. The van der Waals surface area contributed by atoms with Crippen LogP contribution in [0.2, 0.25) is 0 Å². The zero-order valence-corrected chi connectivity index (χ0v) is 11.6. The maximum atomic E-state index is 11.4. The molecule has 7 heteroatoms. The quantitative estimate of drug-likeness (QED) is 0.906. The molecule has 2 rings (SSSR count). The van der Waals surface area contributed by atoms with E-state index in [4.69, 9.17) is 5.11 Å². The summed E-state index contributed by atoms with van der Waals surface area (Å²) in [5, 5.41) is 9.03. The normalized spacial score (nSPS) is 11.2. The van der Waals surface area contributed by atoms with Gasteiger partial charge in [-0.2, -0.15) is 0 Å². The fraction of sp³-hybridized carbons (Fsp3) is 0.154. The Labute approximate surface area is 116 Å². The Morgan fingerprint density at radius 2 is 1.90 bits per heavy atom. The van der Waals surface area contributed by atoms with E-state index >= 15 is 0 Å². The standard InChI is InChI=1S/C13H14N2O4S/c1-2-20(18,19)14-11-7-5-10(6-8-11)12-4-3-9-15(12)13(16)17/h3-9,14H,2H2,1H3,(H,16,17). The maximum absolute atomic E-state index is 11.4. The van der Waals surface area contributed by atoms with Crippen LogP contribution in [0.5, 0.6) is 0 Å². The Morgan fingerprint density at radius 1 is 1.25 bits per heavy atom. The third-order valence-corrected chi connectivity index (χ3v) is 4.10. The molecule has 0 spiro atoms. The Hall–Kier alpha value is -2.28. The molecule has 0 saturated carbocycles. The van der Waals surface area contributed by atoms with Gasteiger partial charge in [-0.25, -0.2) is 13.2 Å². The van der Waals surface area contributed by atoms with E-state index in [0.717, 1.165) is 4.57 Å². The summed E-state index contributed by atoms with van der Waals surface area (Å²) in [5.41, 5.74) is 1.67. The van der Waals surface area contributed by atoms with E-state index in [1.54, 1.807) is 43.3 Å². The second kappa shape index (κ2) is 5.38. The Bertz CT molecular complexity index is 717. The highest BCUT2D eigenvalue weighted by Gasteiger charge is 2.10. The van der Waals surface area contributed by atoms with Crippen molar-refractivity contribution in [2.75, 3.05) is 10.5 Å². The lowest BCUT2D eigenvalue weighted by molar-refractivity contribution is 0.197. The minimum absolute atomic E-state index is 0.00336. The average Bonchev–Trinajstić information content (AvgIpc) is 2.88. The molecule has 2 N–H and O–H groups in total. The number of carbonyl (C=O) groups is 1. The van der Waals surface area contributed by atoms with Crippen molar-refractivity contribution in [2.24, 2.45) is 0 Å². The third-order valence-electron chi connectivity index (χ3n) is 2.79. The number of aromatic nitrogens is 1. The summed E-state index contributed by atoms with van der Waals surface area (Å²) in [4.78, 5) is 11.0. The second-order valence-electron chi connectivity index (χ2n) is 4.13. The van der Waals surface area contributed by atoms with E-state index in [-0.39, 0.29) is 5.75 Å². The average molecular weight is 294 g/mol. The van der Waals surface area contributed by atoms with Gasteiger partial charge in [0, 0.05) is 11.9 Å². The molecule has 6 nitrogen and oxygen atoms in total. The van der Waals surface area contributed by atoms with Crippen LogP contribution < -0.4 is 4.72 Å². The van der Waals surface area contributed by atoms with E-state index < -0.39 is 16.1 Å². The van der Waals surface area contributed by atoms with Gasteiger partial charge in [0.1, 0.15) is 0 Å². The minimum atomic E-state index is -3.31. The molecular formula is C13H14N2O4S. The first-order chi connectivity index (χ1) is 9.43. The van der Waals surface area contributed by atoms with Gasteiger partial charge in [-0.1, -0.05) is 12.1 Å². The molecule has 1 aromatic carbocycles. The minimum Gasteiger partial charge on any atom is -0.464 e. The van der Waals surface area contributed by atoms with Crippen LogP contribution >= 0.6 is 0 Å². The Kier molecular flexibility index (Phi) is 3.80. The van der Waals surface area contributed by atoms with Crippen LogP contribution in [0.1, 0.15) is 6.92 Å². The molecular weight excluding hydrogens is 280 g/mol. The molecule has 0 fully saturated rings. The van der Waals surface area contributed by atoms with E-state index in [1.165, 1.54) is 6.20 Å². The van der Waals surface area contributed by atoms with Gasteiger partial charge < -0.3 is 5.11 Å². The van der Waals surface area contributed by atoms with Crippen LogP contribution in [0.4, 0.5) is 10.5 Å². The summed E-state index contributed by atoms with van der Waals surface area (Å²) in [6, 6.07) is 9.85. The van der Waals surface area contributed by atoms with Crippen molar-refractivity contribution < 1.29 is 18.3 Å². The highest BCUT2D eigenvalue weighted by atomic mass is 32.2. The lowest BCUT2D eigenvalue weighted by Gasteiger charge is -2.08. The predicted octanol–water partition coefficient (Wildman–Crippen LogP) is 2.44. The van der Waals surface area contributed by atoms with Crippen LogP contribution in [-0.2, 0) is 10.0 Å². The molecule has 0 bridgehead atoms. The molecule has 0 aliphatic rings. The smallest absolute Gasteiger partial charge is 0.415 e. The predicted molar refractivity (Wildman–Crippen MR) is 76.4 cm³/mol. The molecule has 0 amide bonds. The van der Waals surface area contributed by atoms with Gasteiger partial charge in [0.05, 0.1) is 11.4 Å². The molecule has 1 aromatic heterocycles. The first-order valence-corrected chi connectivity index (χ1v) is 7.60.